The van der Waals surface area contributed by atoms with E-state index in [-0.39, 0.29) is 11.4 Å². The number of hydrogen-bond donors (Lipinski definition) is 1. The molecule has 0 radical (unpaired) electrons. The summed E-state index contributed by atoms with van der Waals surface area (Å²) >= 11 is 0. The Labute approximate surface area is 107 Å². The quantitative estimate of drug-likeness (QED) is 0.888. The molecule has 1 rings (SSSR count). The molecule has 1 aromatic carbocycles. The molecular formula is C12H13N3O2S. The van der Waals surface area contributed by atoms with Crippen molar-refractivity contribution in [2.75, 3.05) is 6.54 Å². The van der Waals surface area contributed by atoms with Gasteiger partial charge in [-0.1, -0.05) is 0 Å². The maximum absolute atomic E-state index is 11.9. The lowest BCUT2D eigenvalue weighted by atomic mass is 9.97. The van der Waals surface area contributed by atoms with Crippen molar-refractivity contribution < 1.29 is 8.42 Å². The molecular weight excluding hydrogens is 250 g/mol. The van der Waals surface area contributed by atoms with Crippen molar-refractivity contribution in [2.24, 2.45) is 5.41 Å². The predicted molar refractivity (Wildman–Crippen MR) is 65.7 cm³/mol. The van der Waals surface area contributed by atoms with Gasteiger partial charge in [0.05, 0.1) is 28.0 Å². The summed E-state index contributed by atoms with van der Waals surface area (Å²) in [7, 11) is -3.64. The highest BCUT2D eigenvalue weighted by atomic mass is 32.2. The van der Waals surface area contributed by atoms with Crippen LogP contribution in [-0.4, -0.2) is 15.0 Å². The summed E-state index contributed by atoms with van der Waals surface area (Å²) in [5.74, 6) is 0. The van der Waals surface area contributed by atoms with Crippen LogP contribution in [0.1, 0.15) is 19.4 Å². The zero-order valence-corrected chi connectivity index (χ0v) is 11.0. The van der Waals surface area contributed by atoms with E-state index in [2.05, 4.69) is 4.72 Å². The van der Waals surface area contributed by atoms with E-state index >= 15 is 0 Å². The van der Waals surface area contributed by atoms with Crippen molar-refractivity contribution in [3.8, 4) is 12.1 Å². The summed E-state index contributed by atoms with van der Waals surface area (Å²) in [5.41, 5.74) is -0.369. The van der Waals surface area contributed by atoms with Crippen LogP contribution in [0.2, 0.25) is 0 Å². The van der Waals surface area contributed by atoms with Crippen molar-refractivity contribution in [3.05, 3.63) is 29.8 Å². The van der Waals surface area contributed by atoms with Crippen LogP contribution in [-0.2, 0) is 10.0 Å². The summed E-state index contributed by atoms with van der Waals surface area (Å²) in [5, 5.41) is 17.4. The second-order valence-corrected chi connectivity index (χ2v) is 6.22. The maximum atomic E-state index is 11.9. The predicted octanol–water partition coefficient (Wildman–Crippen LogP) is 1.39. The van der Waals surface area contributed by atoms with Crippen molar-refractivity contribution in [2.45, 2.75) is 18.7 Å². The standard InChI is InChI=1S/C12H13N3O2S/c1-12(2,8-14)9-15-18(16,17)11-5-3-10(7-13)4-6-11/h3-6,15H,9H2,1-2H3. The minimum Gasteiger partial charge on any atom is -0.210 e. The average Bonchev–Trinajstić information content (AvgIpc) is 2.37. The van der Waals surface area contributed by atoms with Gasteiger partial charge in [-0.3, -0.25) is 0 Å². The van der Waals surface area contributed by atoms with Gasteiger partial charge >= 0.3 is 0 Å². The summed E-state index contributed by atoms with van der Waals surface area (Å²) in [4.78, 5) is 0.0789. The van der Waals surface area contributed by atoms with E-state index in [0.717, 1.165) is 0 Å². The van der Waals surface area contributed by atoms with Crippen molar-refractivity contribution in [3.63, 3.8) is 0 Å². The van der Waals surface area contributed by atoms with Gasteiger partial charge in [-0.2, -0.15) is 10.5 Å². The lowest BCUT2D eigenvalue weighted by molar-refractivity contribution is 0.479. The maximum Gasteiger partial charge on any atom is 0.240 e. The van der Waals surface area contributed by atoms with Gasteiger partial charge in [-0.05, 0) is 38.1 Å². The highest BCUT2D eigenvalue weighted by Crippen LogP contribution is 2.14. The largest absolute Gasteiger partial charge is 0.240 e. The topological polar surface area (TPSA) is 93.8 Å². The van der Waals surface area contributed by atoms with Gasteiger partial charge in [0.15, 0.2) is 0 Å². The first-order valence-corrected chi connectivity index (χ1v) is 6.70. The number of nitrogens with one attached hydrogen (secondary N) is 1. The van der Waals surface area contributed by atoms with Crippen LogP contribution in [0.5, 0.6) is 0 Å². The normalized spacial score (nSPS) is 11.6. The van der Waals surface area contributed by atoms with Crippen molar-refractivity contribution >= 4 is 10.0 Å². The fourth-order valence-corrected chi connectivity index (χ4v) is 2.32. The Morgan fingerprint density at radius 1 is 1.22 bits per heavy atom. The monoisotopic (exact) mass is 263 g/mol. The summed E-state index contributed by atoms with van der Waals surface area (Å²) in [6.45, 7) is 3.33. The summed E-state index contributed by atoms with van der Waals surface area (Å²) < 4.78 is 26.2. The molecule has 1 aromatic rings. The molecule has 0 unspecified atom stereocenters. The number of benzene rings is 1. The molecule has 94 valence electrons. The van der Waals surface area contributed by atoms with E-state index in [1.165, 1.54) is 24.3 Å². The number of nitriles is 2. The first-order chi connectivity index (χ1) is 8.30. The highest BCUT2D eigenvalue weighted by molar-refractivity contribution is 7.89. The smallest absolute Gasteiger partial charge is 0.210 e. The molecule has 18 heavy (non-hydrogen) atoms. The van der Waals surface area contributed by atoms with Crippen LogP contribution in [0.4, 0.5) is 0 Å². The Hall–Kier alpha value is -1.89. The summed E-state index contributed by atoms with van der Waals surface area (Å²) in [6.07, 6.45) is 0. The van der Waals surface area contributed by atoms with Gasteiger partial charge in [0.2, 0.25) is 10.0 Å². The molecule has 0 bridgehead atoms. The van der Waals surface area contributed by atoms with Gasteiger partial charge < -0.3 is 0 Å². The lowest BCUT2D eigenvalue weighted by Crippen LogP contribution is -2.33. The van der Waals surface area contributed by atoms with Crippen LogP contribution < -0.4 is 4.72 Å². The molecule has 0 spiro atoms. The number of nitrogens with zero attached hydrogens (tertiary/aromatic N) is 2. The van der Waals surface area contributed by atoms with E-state index < -0.39 is 15.4 Å². The lowest BCUT2D eigenvalue weighted by Gasteiger charge is -2.15. The van der Waals surface area contributed by atoms with E-state index in [0.29, 0.717) is 5.56 Å². The molecule has 0 aliphatic rings. The summed E-state index contributed by atoms with van der Waals surface area (Å²) in [6, 6.07) is 9.52. The van der Waals surface area contributed by atoms with E-state index in [1.54, 1.807) is 13.8 Å². The third kappa shape index (κ3) is 3.56. The van der Waals surface area contributed by atoms with Gasteiger partial charge in [0, 0.05) is 6.54 Å². The molecule has 6 heteroatoms. The van der Waals surface area contributed by atoms with E-state index in [9.17, 15) is 8.42 Å². The molecule has 0 saturated heterocycles. The Balaban J connectivity index is 2.88. The molecule has 0 fully saturated rings. The SMILES string of the molecule is CC(C)(C#N)CNS(=O)(=O)c1ccc(C#N)cc1. The zero-order valence-electron chi connectivity index (χ0n) is 10.1. The molecule has 0 aliphatic heterocycles. The minimum atomic E-state index is -3.64. The fourth-order valence-electron chi connectivity index (χ4n) is 1.11. The molecule has 0 saturated carbocycles. The Kier molecular flexibility index (Phi) is 4.07. The molecule has 0 heterocycles. The Morgan fingerprint density at radius 2 is 1.78 bits per heavy atom. The fraction of sp³-hybridized carbons (Fsp3) is 0.333. The van der Waals surface area contributed by atoms with Crippen molar-refractivity contribution in [1.82, 2.24) is 4.72 Å². The minimum absolute atomic E-state index is 0.0336. The van der Waals surface area contributed by atoms with Crippen LogP contribution >= 0.6 is 0 Å². The van der Waals surface area contributed by atoms with Crippen LogP contribution in [0, 0.1) is 28.1 Å². The molecule has 5 nitrogen and oxygen atoms in total. The third-order valence-corrected chi connectivity index (χ3v) is 3.72. The van der Waals surface area contributed by atoms with E-state index in [1.807, 2.05) is 12.1 Å². The zero-order chi connectivity index (χ0) is 13.8. The first kappa shape index (κ1) is 14.2. The molecule has 0 aromatic heterocycles. The van der Waals surface area contributed by atoms with Crippen LogP contribution in [0.15, 0.2) is 29.2 Å². The van der Waals surface area contributed by atoms with Crippen LogP contribution in [0.25, 0.3) is 0 Å². The van der Waals surface area contributed by atoms with Crippen molar-refractivity contribution in [1.29, 1.82) is 10.5 Å². The number of rotatable bonds is 4. The highest BCUT2D eigenvalue weighted by Gasteiger charge is 2.21. The van der Waals surface area contributed by atoms with Gasteiger partial charge in [-0.25, -0.2) is 13.1 Å². The average molecular weight is 263 g/mol. The van der Waals surface area contributed by atoms with Crippen LogP contribution in [0.3, 0.4) is 0 Å². The van der Waals surface area contributed by atoms with E-state index in [4.69, 9.17) is 10.5 Å². The Bertz CT molecular complexity index is 604. The molecule has 0 aliphatic carbocycles. The second-order valence-electron chi connectivity index (χ2n) is 4.46. The van der Waals surface area contributed by atoms with Gasteiger partial charge in [0.25, 0.3) is 0 Å². The van der Waals surface area contributed by atoms with Gasteiger partial charge in [-0.15, -0.1) is 0 Å². The number of hydrogen-bond acceptors (Lipinski definition) is 4. The number of sulfonamides is 1. The third-order valence-electron chi connectivity index (χ3n) is 2.30. The Morgan fingerprint density at radius 3 is 2.22 bits per heavy atom. The first-order valence-electron chi connectivity index (χ1n) is 5.22. The second kappa shape index (κ2) is 5.18. The van der Waals surface area contributed by atoms with Gasteiger partial charge in [0.1, 0.15) is 0 Å². The molecule has 0 atom stereocenters. The molecule has 0 amide bonds. The molecule has 1 N–H and O–H groups in total.